The zero-order valence-electron chi connectivity index (χ0n) is 23.4. The molecule has 3 heterocycles. The maximum absolute atomic E-state index is 12.8. The second-order valence-corrected chi connectivity index (χ2v) is 12.9. The van der Waals surface area contributed by atoms with Crippen molar-refractivity contribution in [2.24, 2.45) is 5.41 Å². The van der Waals surface area contributed by atoms with Crippen LogP contribution in [0.2, 0.25) is 0 Å². The predicted octanol–water partition coefficient (Wildman–Crippen LogP) is 4.90. The lowest BCUT2D eigenvalue weighted by Crippen LogP contribution is -2.41. The highest BCUT2D eigenvalue weighted by molar-refractivity contribution is 7.10. The molecule has 1 unspecified atom stereocenters. The van der Waals surface area contributed by atoms with E-state index in [1.54, 1.807) is 6.20 Å². The third-order valence-electron chi connectivity index (χ3n) is 9.18. The van der Waals surface area contributed by atoms with Gasteiger partial charge in [-0.2, -0.15) is 0 Å². The van der Waals surface area contributed by atoms with Gasteiger partial charge in [-0.1, -0.05) is 36.6 Å². The molecule has 1 aromatic carbocycles. The zero-order valence-corrected chi connectivity index (χ0v) is 24.2. The van der Waals surface area contributed by atoms with E-state index in [2.05, 4.69) is 26.3 Å². The molecule has 1 aliphatic heterocycles. The monoisotopic (exact) mass is 574 g/mol. The molecular formula is C31H38N6O3S. The first-order chi connectivity index (χ1) is 20.0. The Kier molecular flexibility index (Phi) is 8.30. The Hall–Kier alpha value is -3.37. The Balaban J connectivity index is 0.957. The van der Waals surface area contributed by atoms with Gasteiger partial charge in [-0.3, -0.25) is 19.7 Å². The maximum atomic E-state index is 12.8. The van der Waals surface area contributed by atoms with Crippen LogP contribution in [0, 0.1) is 5.41 Å². The number of hydrogen-bond acceptors (Lipinski definition) is 7. The highest BCUT2D eigenvalue weighted by Gasteiger charge is 2.36. The smallest absolute Gasteiger partial charge is 0.251 e. The lowest BCUT2D eigenvalue weighted by Gasteiger charge is -2.43. The fourth-order valence-corrected chi connectivity index (χ4v) is 7.46. The van der Waals surface area contributed by atoms with Gasteiger partial charge in [0.1, 0.15) is 11.7 Å². The summed E-state index contributed by atoms with van der Waals surface area (Å²) in [7, 11) is 0. The van der Waals surface area contributed by atoms with E-state index >= 15 is 0 Å². The van der Waals surface area contributed by atoms with Gasteiger partial charge in [0.05, 0.1) is 12.7 Å². The normalized spacial score (nSPS) is 21.1. The second-order valence-electron chi connectivity index (χ2n) is 11.9. The third-order valence-corrected chi connectivity index (χ3v) is 10.1. The molecule has 3 aromatic rings. The fourth-order valence-electron chi connectivity index (χ4n) is 6.65. The summed E-state index contributed by atoms with van der Waals surface area (Å²) in [6, 6.07) is 9.93. The molecule has 2 aromatic heterocycles. The average Bonchev–Trinajstić information content (AvgIpc) is 3.67. The van der Waals surface area contributed by atoms with Crippen molar-refractivity contribution in [1.29, 1.82) is 0 Å². The molecular weight excluding hydrogens is 536 g/mol. The Morgan fingerprint density at radius 3 is 2.56 bits per heavy atom. The average molecular weight is 575 g/mol. The number of thiophene rings is 1. The van der Waals surface area contributed by atoms with E-state index in [0.29, 0.717) is 35.7 Å². The number of hydrogen-bond donors (Lipinski definition) is 3. The number of benzene rings is 1. The number of nitrogens with one attached hydrogen (secondary N) is 3. The van der Waals surface area contributed by atoms with Gasteiger partial charge in [0.2, 0.25) is 5.91 Å². The molecule has 3 amide bonds. The quantitative estimate of drug-likeness (QED) is 0.330. The molecule has 1 spiro atoms. The standard InChI is InChI=1S/C31H38N6O3S/c38-28-9-8-27(30(40)34-28)37-19-26(35-36-37)23-16-25(41-20-23)18-33-29(39)22-6-4-21(5-7-22)17-32-24-10-14-31(15-11-24)12-2-1-3-13-31/h4-7,16,19-20,24,27,32H,1-3,8-15,17-18H2,(H,33,39)(H,34,38,40). The van der Waals surface area contributed by atoms with E-state index in [4.69, 9.17) is 0 Å². The topological polar surface area (TPSA) is 118 Å². The first-order valence-electron chi connectivity index (χ1n) is 14.9. The summed E-state index contributed by atoms with van der Waals surface area (Å²) in [5.41, 5.74) is 4.02. The minimum Gasteiger partial charge on any atom is -0.347 e. The van der Waals surface area contributed by atoms with E-state index < -0.39 is 6.04 Å². The van der Waals surface area contributed by atoms with Crippen LogP contribution in [0.5, 0.6) is 0 Å². The SMILES string of the molecule is O=C1CCC(n2cc(-c3csc(CNC(=O)c4ccc(CNC5CCC6(CCCCC6)CC5)cc4)c3)nn2)C(=O)N1. The van der Waals surface area contributed by atoms with Gasteiger partial charge in [0.15, 0.2) is 0 Å². The molecule has 216 valence electrons. The van der Waals surface area contributed by atoms with Crippen LogP contribution in [-0.4, -0.2) is 38.8 Å². The van der Waals surface area contributed by atoms with Gasteiger partial charge < -0.3 is 10.6 Å². The molecule has 2 aliphatic carbocycles. The summed E-state index contributed by atoms with van der Waals surface area (Å²) in [4.78, 5) is 37.3. The van der Waals surface area contributed by atoms with Crippen LogP contribution in [-0.2, 0) is 22.7 Å². The molecule has 9 nitrogen and oxygen atoms in total. The minimum atomic E-state index is -0.533. The predicted molar refractivity (Wildman–Crippen MR) is 157 cm³/mol. The number of rotatable bonds is 8. The molecule has 3 fully saturated rings. The Bertz CT molecular complexity index is 1380. The summed E-state index contributed by atoms with van der Waals surface area (Å²) < 4.78 is 1.51. The second kappa shape index (κ2) is 12.2. The van der Waals surface area contributed by atoms with Crippen molar-refractivity contribution in [1.82, 2.24) is 30.9 Å². The van der Waals surface area contributed by atoms with E-state index in [1.165, 1.54) is 79.4 Å². The summed E-state index contributed by atoms with van der Waals surface area (Å²) in [5, 5.41) is 19.4. The molecule has 3 aliphatic rings. The first-order valence-corrected chi connectivity index (χ1v) is 15.8. The lowest BCUT2D eigenvalue weighted by molar-refractivity contribution is -0.136. The maximum Gasteiger partial charge on any atom is 0.251 e. The molecule has 2 saturated carbocycles. The summed E-state index contributed by atoms with van der Waals surface area (Å²) in [5.74, 6) is -0.716. The molecule has 10 heteroatoms. The fraction of sp³-hybridized carbons (Fsp3) is 0.516. The zero-order chi connectivity index (χ0) is 28.2. The summed E-state index contributed by atoms with van der Waals surface area (Å²) >= 11 is 1.53. The molecule has 1 saturated heterocycles. The Morgan fingerprint density at radius 2 is 1.80 bits per heavy atom. The Labute approximate surface area is 244 Å². The molecule has 0 bridgehead atoms. The van der Waals surface area contributed by atoms with Crippen molar-refractivity contribution in [3.8, 4) is 11.3 Å². The largest absolute Gasteiger partial charge is 0.347 e. The van der Waals surface area contributed by atoms with Crippen LogP contribution >= 0.6 is 11.3 Å². The van der Waals surface area contributed by atoms with Crippen LogP contribution < -0.4 is 16.0 Å². The number of carbonyl (C=O) groups excluding carboxylic acids is 3. The van der Waals surface area contributed by atoms with Crippen LogP contribution in [0.4, 0.5) is 0 Å². The highest BCUT2D eigenvalue weighted by Crippen LogP contribution is 2.47. The molecule has 1 atom stereocenters. The number of nitrogens with zero attached hydrogens (tertiary/aromatic N) is 3. The van der Waals surface area contributed by atoms with Gasteiger partial charge in [0.25, 0.3) is 11.8 Å². The van der Waals surface area contributed by atoms with E-state index in [9.17, 15) is 14.4 Å². The number of amides is 3. The van der Waals surface area contributed by atoms with E-state index in [1.807, 2.05) is 35.7 Å². The number of imide groups is 1. The van der Waals surface area contributed by atoms with Crippen LogP contribution in [0.3, 0.4) is 0 Å². The van der Waals surface area contributed by atoms with Crippen molar-refractivity contribution >= 4 is 29.1 Å². The third kappa shape index (κ3) is 6.59. The van der Waals surface area contributed by atoms with Crippen LogP contribution in [0.25, 0.3) is 11.3 Å². The van der Waals surface area contributed by atoms with Crippen molar-refractivity contribution in [2.45, 2.75) is 95.8 Å². The minimum absolute atomic E-state index is 0.103. The van der Waals surface area contributed by atoms with Gasteiger partial charge in [-0.25, -0.2) is 4.68 Å². The summed E-state index contributed by atoms with van der Waals surface area (Å²) in [6.45, 7) is 1.25. The first kappa shape index (κ1) is 27.8. The number of aromatic nitrogens is 3. The molecule has 3 N–H and O–H groups in total. The van der Waals surface area contributed by atoms with Crippen molar-refractivity contribution < 1.29 is 14.4 Å². The van der Waals surface area contributed by atoms with Crippen LogP contribution in [0.1, 0.15) is 97.5 Å². The van der Waals surface area contributed by atoms with Crippen molar-refractivity contribution in [3.05, 3.63) is 57.9 Å². The number of piperidine rings is 1. The van der Waals surface area contributed by atoms with Crippen molar-refractivity contribution in [2.75, 3.05) is 0 Å². The van der Waals surface area contributed by atoms with E-state index in [0.717, 1.165) is 17.0 Å². The van der Waals surface area contributed by atoms with Gasteiger partial charge in [-0.15, -0.1) is 16.4 Å². The molecule has 6 rings (SSSR count). The summed E-state index contributed by atoms with van der Waals surface area (Å²) in [6.07, 6.45) is 14.9. The van der Waals surface area contributed by atoms with Crippen LogP contribution in [0.15, 0.2) is 41.9 Å². The Morgan fingerprint density at radius 1 is 1.02 bits per heavy atom. The van der Waals surface area contributed by atoms with E-state index in [-0.39, 0.29) is 24.1 Å². The number of carbonyl (C=O) groups is 3. The highest BCUT2D eigenvalue weighted by atomic mass is 32.1. The molecule has 41 heavy (non-hydrogen) atoms. The molecule has 0 radical (unpaired) electrons. The van der Waals surface area contributed by atoms with Gasteiger partial charge in [-0.05, 0) is 74.1 Å². The lowest BCUT2D eigenvalue weighted by atomic mass is 9.64. The van der Waals surface area contributed by atoms with Crippen molar-refractivity contribution in [3.63, 3.8) is 0 Å². The van der Waals surface area contributed by atoms with Gasteiger partial charge in [0, 0.05) is 40.4 Å². The van der Waals surface area contributed by atoms with Gasteiger partial charge >= 0.3 is 0 Å².